The average molecular weight is 253 g/mol. The monoisotopic (exact) mass is 253 g/mol. The number of aromatic hydroxyl groups is 1. The summed E-state index contributed by atoms with van der Waals surface area (Å²) in [6.07, 6.45) is 2.38. The molecule has 1 aliphatic heterocycles. The summed E-state index contributed by atoms with van der Waals surface area (Å²) in [6, 6.07) is 14.3. The van der Waals surface area contributed by atoms with Gasteiger partial charge in [-0.3, -0.25) is 0 Å². The van der Waals surface area contributed by atoms with E-state index in [0.29, 0.717) is 5.75 Å². The van der Waals surface area contributed by atoms with Crippen LogP contribution in [0.3, 0.4) is 0 Å². The van der Waals surface area contributed by atoms with Gasteiger partial charge in [-0.15, -0.1) is 0 Å². The summed E-state index contributed by atoms with van der Waals surface area (Å²) >= 11 is 0. The highest BCUT2D eigenvalue weighted by molar-refractivity contribution is 5.57. The van der Waals surface area contributed by atoms with Gasteiger partial charge < -0.3 is 10.0 Å². The first-order valence-corrected chi connectivity index (χ1v) is 6.85. The van der Waals surface area contributed by atoms with Gasteiger partial charge in [-0.1, -0.05) is 29.8 Å². The van der Waals surface area contributed by atoms with Crippen molar-refractivity contribution in [2.75, 3.05) is 11.4 Å². The standard InChI is InChI=1S/C17H19NO/c1-13-7-8-17-15(10-13)5-3-9-18(17)12-14-4-2-6-16(19)11-14/h2,4,6-8,10-11,19H,3,5,9,12H2,1H3. The van der Waals surface area contributed by atoms with Crippen LogP contribution in [0.2, 0.25) is 0 Å². The first-order chi connectivity index (χ1) is 9.22. The molecule has 2 heteroatoms. The van der Waals surface area contributed by atoms with Gasteiger partial charge in [0.15, 0.2) is 0 Å². The molecule has 0 aromatic heterocycles. The number of phenols is 1. The van der Waals surface area contributed by atoms with E-state index >= 15 is 0 Å². The maximum atomic E-state index is 9.56. The van der Waals surface area contributed by atoms with E-state index in [0.717, 1.165) is 18.7 Å². The number of rotatable bonds is 2. The van der Waals surface area contributed by atoms with E-state index in [-0.39, 0.29) is 0 Å². The molecule has 0 bridgehead atoms. The molecule has 2 nitrogen and oxygen atoms in total. The number of phenolic OH excluding ortho intramolecular Hbond substituents is 1. The van der Waals surface area contributed by atoms with Gasteiger partial charge in [0.25, 0.3) is 0 Å². The maximum Gasteiger partial charge on any atom is 0.115 e. The molecule has 0 unspecified atom stereocenters. The molecule has 0 saturated carbocycles. The molecule has 1 heterocycles. The molecule has 0 radical (unpaired) electrons. The molecule has 19 heavy (non-hydrogen) atoms. The van der Waals surface area contributed by atoms with Crippen LogP contribution in [-0.2, 0) is 13.0 Å². The lowest BCUT2D eigenvalue weighted by molar-refractivity contribution is 0.474. The Morgan fingerprint density at radius 2 is 2.05 bits per heavy atom. The van der Waals surface area contributed by atoms with Crippen molar-refractivity contribution in [3.63, 3.8) is 0 Å². The minimum Gasteiger partial charge on any atom is -0.508 e. The molecule has 3 rings (SSSR count). The second-order valence-electron chi connectivity index (χ2n) is 5.33. The van der Waals surface area contributed by atoms with Crippen molar-refractivity contribution < 1.29 is 5.11 Å². The van der Waals surface area contributed by atoms with Gasteiger partial charge in [-0.25, -0.2) is 0 Å². The van der Waals surface area contributed by atoms with Gasteiger partial charge >= 0.3 is 0 Å². The normalized spacial score (nSPS) is 14.3. The smallest absolute Gasteiger partial charge is 0.115 e. The molecule has 0 atom stereocenters. The lowest BCUT2D eigenvalue weighted by atomic mass is 9.99. The second kappa shape index (κ2) is 4.96. The molecular weight excluding hydrogens is 234 g/mol. The first kappa shape index (κ1) is 12.1. The highest BCUT2D eigenvalue weighted by Gasteiger charge is 2.16. The molecule has 2 aromatic carbocycles. The molecule has 0 spiro atoms. The fraction of sp³-hybridized carbons (Fsp3) is 0.294. The molecule has 0 aliphatic carbocycles. The van der Waals surface area contributed by atoms with Crippen molar-refractivity contribution in [1.82, 2.24) is 0 Å². The Morgan fingerprint density at radius 1 is 1.16 bits per heavy atom. The molecule has 1 N–H and O–H groups in total. The van der Waals surface area contributed by atoms with Crippen molar-refractivity contribution in [3.05, 3.63) is 59.2 Å². The van der Waals surface area contributed by atoms with Crippen LogP contribution in [0.4, 0.5) is 5.69 Å². The van der Waals surface area contributed by atoms with Crippen LogP contribution in [0.1, 0.15) is 23.1 Å². The van der Waals surface area contributed by atoms with E-state index in [2.05, 4.69) is 36.1 Å². The van der Waals surface area contributed by atoms with Crippen molar-refractivity contribution in [2.45, 2.75) is 26.3 Å². The lowest BCUT2D eigenvalue weighted by Crippen LogP contribution is -2.28. The second-order valence-corrected chi connectivity index (χ2v) is 5.33. The Hall–Kier alpha value is -1.96. The number of hydrogen-bond donors (Lipinski definition) is 1. The lowest BCUT2D eigenvalue weighted by Gasteiger charge is -2.31. The van der Waals surface area contributed by atoms with Gasteiger partial charge in [0.2, 0.25) is 0 Å². The third kappa shape index (κ3) is 2.58. The number of aryl methyl sites for hydroxylation is 2. The Morgan fingerprint density at radius 3 is 2.89 bits per heavy atom. The first-order valence-electron chi connectivity index (χ1n) is 6.85. The van der Waals surface area contributed by atoms with Crippen molar-refractivity contribution in [3.8, 4) is 5.75 Å². The molecule has 1 aliphatic rings. The SMILES string of the molecule is Cc1ccc2c(c1)CCCN2Cc1cccc(O)c1. The van der Waals surface area contributed by atoms with Gasteiger partial charge in [0, 0.05) is 18.8 Å². The Balaban J connectivity index is 1.87. The largest absolute Gasteiger partial charge is 0.508 e. The number of nitrogens with zero attached hydrogens (tertiary/aromatic N) is 1. The zero-order valence-corrected chi connectivity index (χ0v) is 11.3. The van der Waals surface area contributed by atoms with Gasteiger partial charge in [0.1, 0.15) is 5.75 Å². The summed E-state index contributed by atoms with van der Waals surface area (Å²) < 4.78 is 0. The van der Waals surface area contributed by atoms with E-state index in [9.17, 15) is 5.11 Å². The van der Waals surface area contributed by atoms with Gasteiger partial charge in [-0.05, 0) is 49.1 Å². The molecule has 0 fully saturated rings. The molecule has 98 valence electrons. The van der Waals surface area contributed by atoms with E-state index in [1.807, 2.05) is 12.1 Å². The predicted octanol–water partition coefficient (Wildman–Crippen LogP) is 3.65. The van der Waals surface area contributed by atoms with Crippen LogP contribution in [0.25, 0.3) is 0 Å². The molecular formula is C17H19NO. The zero-order valence-electron chi connectivity index (χ0n) is 11.3. The van der Waals surface area contributed by atoms with E-state index < -0.39 is 0 Å². The van der Waals surface area contributed by atoms with Crippen LogP contribution in [0.5, 0.6) is 5.75 Å². The maximum absolute atomic E-state index is 9.56. The minimum atomic E-state index is 0.346. The van der Waals surface area contributed by atoms with Crippen molar-refractivity contribution in [1.29, 1.82) is 0 Å². The van der Waals surface area contributed by atoms with Gasteiger partial charge in [-0.2, -0.15) is 0 Å². The summed E-state index contributed by atoms with van der Waals surface area (Å²) in [6.45, 7) is 4.10. The minimum absolute atomic E-state index is 0.346. The molecule has 0 amide bonds. The third-order valence-corrected chi connectivity index (χ3v) is 3.73. The average Bonchev–Trinajstić information content (AvgIpc) is 2.38. The molecule has 2 aromatic rings. The summed E-state index contributed by atoms with van der Waals surface area (Å²) in [5.74, 6) is 0.346. The fourth-order valence-corrected chi connectivity index (χ4v) is 2.84. The highest BCUT2D eigenvalue weighted by atomic mass is 16.3. The summed E-state index contributed by atoms with van der Waals surface area (Å²) in [7, 11) is 0. The number of hydrogen-bond acceptors (Lipinski definition) is 2. The van der Waals surface area contributed by atoms with Crippen molar-refractivity contribution in [2.24, 2.45) is 0 Å². The van der Waals surface area contributed by atoms with Crippen molar-refractivity contribution >= 4 is 5.69 Å². The third-order valence-electron chi connectivity index (χ3n) is 3.73. The Labute approximate surface area is 114 Å². The van der Waals surface area contributed by atoms with Crippen LogP contribution in [0, 0.1) is 6.92 Å². The Bertz CT molecular complexity index is 592. The van der Waals surface area contributed by atoms with E-state index in [4.69, 9.17) is 0 Å². The summed E-state index contributed by atoms with van der Waals surface area (Å²) in [5, 5.41) is 9.56. The van der Waals surface area contributed by atoms with E-state index in [1.165, 1.54) is 29.7 Å². The number of fused-ring (bicyclic) bond motifs is 1. The topological polar surface area (TPSA) is 23.5 Å². The van der Waals surface area contributed by atoms with Gasteiger partial charge in [0.05, 0.1) is 0 Å². The quantitative estimate of drug-likeness (QED) is 0.883. The fourth-order valence-electron chi connectivity index (χ4n) is 2.84. The van der Waals surface area contributed by atoms with Crippen LogP contribution >= 0.6 is 0 Å². The highest BCUT2D eigenvalue weighted by Crippen LogP contribution is 2.29. The number of anilines is 1. The molecule has 0 saturated heterocycles. The summed E-state index contributed by atoms with van der Waals surface area (Å²) in [4.78, 5) is 2.41. The van der Waals surface area contributed by atoms with Crippen LogP contribution in [-0.4, -0.2) is 11.7 Å². The zero-order chi connectivity index (χ0) is 13.2. The number of benzene rings is 2. The summed E-state index contributed by atoms with van der Waals surface area (Å²) in [5.41, 5.74) is 5.29. The van der Waals surface area contributed by atoms with E-state index in [1.54, 1.807) is 6.07 Å². The Kier molecular flexibility index (Phi) is 3.16. The van der Waals surface area contributed by atoms with Crippen LogP contribution in [0.15, 0.2) is 42.5 Å². The predicted molar refractivity (Wildman–Crippen MR) is 78.7 cm³/mol. The van der Waals surface area contributed by atoms with Crippen LogP contribution < -0.4 is 4.90 Å².